The predicted molar refractivity (Wildman–Crippen MR) is 50.5 cm³/mol. The molecule has 1 aromatic carbocycles. The van der Waals surface area contributed by atoms with E-state index in [-0.39, 0.29) is 0 Å². The minimum Gasteiger partial charge on any atom is -0.382 e. The number of hydrogen-bond donors (Lipinski definition) is 1. The molecule has 4 nitrogen and oxygen atoms in total. The molecule has 1 heterocycles. The lowest BCUT2D eigenvalue weighted by molar-refractivity contribution is 0.809. The van der Waals surface area contributed by atoms with Gasteiger partial charge in [-0.2, -0.15) is 4.68 Å². The minimum absolute atomic E-state index is 0.545. The number of aromatic nitrogens is 3. The molecule has 0 radical (unpaired) electrons. The van der Waals surface area contributed by atoms with Crippen LogP contribution in [0.4, 0.5) is 5.82 Å². The number of benzene rings is 1. The van der Waals surface area contributed by atoms with E-state index in [0.717, 1.165) is 5.69 Å². The van der Waals surface area contributed by atoms with E-state index < -0.39 is 0 Å². The van der Waals surface area contributed by atoms with Crippen LogP contribution in [0.25, 0.3) is 5.69 Å². The Hall–Kier alpha value is -1.84. The van der Waals surface area contributed by atoms with Gasteiger partial charge >= 0.3 is 0 Å². The van der Waals surface area contributed by atoms with Gasteiger partial charge in [-0.15, -0.1) is 5.10 Å². The molecule has 2 rings (SSSR count). The number of rotatable bonds is 1. The number of nitrogens with two attached hydrogens (primary N) is 1. The molecular weight excluding hydrogens is 164 g/mol. The van der Waals surface area contributed by atoms with Gasteiger partial charge in [-0.3, -0.25) is 0 Å². The average Bonchev–Trinajstić information content (AvgIpc) is 2.53. The normalized spacial score (nSPS) is 10.2. The molecule has 0 spiro atoms. The first-order valence-electron chi connectivity index (χ1n) is 4.00. The summed E-state index contributed by atoms with van der Waals surface area (Å²) in [4.78, 5) is 0. The summed E-state index contributed by atoms with van der Waals surface area (Å²) in [7, 11) is 0. The molecule has 1 aromatic heterocycles. The van der Waals surface area contributed by atoms with E-state index in [0.29, 0.717) is 5.82 Å². The number of hydrogen-bond acceptors (Lipinski definition) is 3. The summed E-state index contributed by atoms with van der Waals surface area (Å²) < 4.78 is 1.60. The Kier molecular flexibility index (Phi) is 1.73. The molecule has 0 bridgehead atoms. The second-order valence-electron chi connectivity index (χ2n) is 2.91. The van der Waals surface area contributed by atoms with Crippen LogP contribution in [0.1, 0.15) is 5.56 Å². The van der Waals surface area contributed by atoms with Gasteiger partial charge in [0.1, 0.15) is 5.82 Å². The molecule has 0 saturated carbocycles. The van der Waals surface area contributed by atoms with E-state index in [1.54, 1.807) is 4.68 Å². The fourth-order valence-corrected chi connectivity index (χ4v) is 1.13. The largest absolute Gasteiger partial charge is 0.382 e. The molecule has 0 fully saturated rings. The van der Waals surface area contributed by atoms with Crippen LogP contribution in [0, 0.1) is 6.92 Å². The number of nitrogen functional groups attached to an aromatic ring is 1. The average molecular weight is 174 g/mol. The van der Waals surface area contributed by atoms with E-state index >= 15 is 0 Å². The van der Waals surface area contributed by atoms with E-state index in [1.165, 1.54) is 11.8 Å². The third-order valence-electron chi connectivity index (χ3n) is 1.85. The molecule has 0 aliphatic heterocycles. The Morgan fingerprint density at radius 1 is 1.23 bits per heavy atom. The lowest BCUT2D eigenvalue weighted by Crippen LogP contribution is -2.01. The van der Waals surface area contributed by atoms with E-state index in [4.69, 9.17) is 5.73 Å². The standard InChI is InChI=1S/C9H10N4/c1-7-2-4-8(5-3-7)13-9(10)6-11-12-13/h2-6H,10H2,1H3. The van der Waals surface area contributed by atoms with E-state index in [1.807, 2.05) is 31.2 Å². The first-order chi connectivity index (χ1) is 6.27. The molecule has 0 aliphatic rings. The maximum Gasteiger partial charge on any atom is 0.147 e. The van der Waals surface area contributed by atoms with Crippen molar-refractivity contribution in [1.82, 2.24) is 15.0 Å². The molecule has 13 heavy (non-hydrogen) atoms. The summed E-state index contributed by atoms with van der Waals surface area (Å²) in [6.45, 7) is 2.04. The highest BCUT2D eigenvalue weighted by Crippen LogP contribution is 2.10. The van der Waals surface area contributed by atoms with Gasteiger partial charge in [-0.25, -0.2) is 0 Å². The Morgan fingerprint density at radius 3 is 2.46 bits per heavy atom. The smallest absolute Gasteiger partial charge is 0.147 e. The van der Waals surface area contributed by atoms with Crippen molar-refractivity contribution in [3.63, 3.8) is 0 Å². The van der Waals surface area contributed by atoms with Crippen molar-refractivity contribution in [2.24, 2.45) is 0 Å². The van der Waals surface area contributed by atoms with Crippen LogP contribution in [0.2, 0.25) is 0 Å². The maximum atomic E-state index is 5.65. The number of aryl methyl sites for hydroxylation is 1. The number of nitrogens with zero attached hydrogens (tertiary/aromatic N) is 3. The fourth-order valence-electron chi connectivity index (χ4n) is 1.13. The SMILES string of the molecule is Cc1ccc(-n2nncc2N)cc1. The maximum absolute atomic E-state index is 5.65. The Balaban J connectivity index is 2.47. The fraction of sp³-hybridized carbons (Fsp3) is 0.111. The van der Waals surface area contributed by atoms with Crippen molar-refractivity contribution < 1.29 is 0 Å². The van der Waals surface area contributed by atoms with Crippen LogP contribution >= 0.6 is 0 Å². The monoisotopic (exact) mass is 174 g/mol. The summed E-state index contributed by atoms with van der Waals surface area (Å²) in [6, 6.07) is 7.94. The van der Waals surface area contributed by atoms with Gasteiger partial charge in [-0.05, 0) is 19.1 Å². The first-order valence-corrected chi connectivity index (χ1v) is 4.00. The molecule has 2 aromatic rings. The number of anilines is 1. The second-order valence-corrected chi connectivity index (χ2v) is 2.91. The zero-order valence-electron chi connectivity index (χ0n) is 7.31. The lowest BCUT2D eigenvalue weighted by atomic mass is 10.2. The highest BCUT2D eigenvalue weighted by molar-refractivity contribution is 5.40. The van der Waals surface area contributed by atoms with Gasteiger partial charge in [0.05, 0.1) is 11.9 Å². The summed E-state index contributed by atoms with van der Waals surface area (Å²) in [6.07, 6.45) is 1.53. The van der Waals surface area contributed by atoms with Crippen LogP contribution in [0.3, 0.4) is 0 Å². The van der Waals surface area contributed by atoms with Gasteiger partial charge in [0.15, 0.2) is 0 Å². The Bertz CT molecular complexity index is 402. The Labute approximate surface area is 76.0 Å². The summed E-state index contributed by atoms with van der Waals surface area (Å²) in [5.74, 6) is 0.545. The molecule has 0 amide bonds. The quantitative estimate of drug-likeness (QED) is 0.705. The molecule has 0 atom stereocenters. The first kappa shape index (κ1) is 7.79. The predicted octanol–water partition coefficient (Wildman–Crippen LogP) is 1.16. The van der Waals surface area contributed by atoms with Crippen molar-refractivity contribution in [3.8, 4) is 5.69 Å². The summed E-state index contributed by atoms with van der Waals surface area (Å²) in [5, 5.41) is 7.57. The molecule has 4 heteroatoms. The highest BCUT2D eigenvalue weighted by Gasteiger charge is 2.00. The van der Waals surface area contributed by atoms with Crippen molar-refractivity contribution in [2.75, 3.05) is 5.73 Å². The molecule has 0 unspecified atom stereocenters. The molecule has 2 N–H and O–H groups in total. The van der Waals surface area contributed by atoms with Gasteiger partial charge in [0.2, 0.25) is 0 Å². The molecule has 0 saturated heterocycles. The van der Waals surface area contributed by atoms with Crippen molar-refractivity contribution in [2.45, 2.75) is 6.92 Å². The summed E-state index contributed by atoms with van der Waals surface area (Å²) in [5.41, 5.74) is 7.79. The van der Waals surface area contributed by atoms with Crippen molar-refractivity contribution in [1.29, 1.82) is 0 Å². The van der Waals surface area contributed by atoms with E-state index in [9.17, 15) is 0 Å². The van der Waals surface area contributed by atoms with E-state index in [2.05, 4.69) is 10.3 Å². The van der Waals surface area contributed by atoms with Crippen LogP contribution in [-0.4, -0.2) is 15.0 Å². The van der Waals surface area contributed by atoms with Gasteiger partial charge < -0.3 is 5.73 Å². The van der Waals surface area contributed by atoms with Crippen molar-refractivity contribution in [3.05, 3.63) is 36.0 Å². The third-order valence-corrected chi connectivity index (χ3v) is 1.85. The lowest BCUT2D eigenvalue weighted by Gasteiger charge is -2.01. The van der Waals surface area contributed by atoms with Gasteiger partial charge in [-0.1, -0.05) is 22.9 Å². The van der Waals surface area contributed by atoms with Crippen LogP contribution in [0.5, 0.6) is 0 Å². The zero-order chi connectivity index (χ0) is 9.26. The summed E-state index contributed by atoms with van der Waals surface area (Å²) >= 11 is 0. The van der Waals surface area contributed by atoms with Gasteiger partial charge in [0.25, 0.3) is 0 Å². The van der Waals surface area contributed by atoms with Crippen molar-refractivity contribution >= 4 is 5.82 Å². The highest BCUT2D eigenvalue weighted by atomic mass is 15.4. The molecular formula is C9H10N4. The minimum atomic E-state index is 0.545. The zero-order valence-corrected chi connectivity index (χ0v) is 7.31. The van der Waals surface area contributed by atoms with Gasteiger partial charge in [0, 0.05) is 0 Å². The second kappa shape index (κ2) is 2.90. The topological polar surface area (TPSA) is 56.7 Å². The Morgan fingerprint density at radius 2 is 1.92 bits per heavy atom. The van der Waals surface area contributed by atoms with Crippen LogP contribution in [-0.2, 0) is 0 Å². The van der Waals surface area contributed by atoms with Crippen LogP contribution in [0.15, 0.2) is 30.5 Å². The molecule has 66 valence electrons. The van der Waals surface area contributed by atoms with Crippen LogP contribution < -0.4 is 5.73 Å². The molecule has 0 aliphatic carbocycles. The third kappa shape index (κ3) is 1.38.